The van der Waals surface area contributed by atoms with Gasteiger partial charge in [0.15, 0.2) is 5.69 Å². The highest BCUT2D eigenvalue weighted by Gasteiger charge is 2.19. The van der Waals surface area contributed by atoms with Gasteiger partial charge in [-0.05, 0) is 24.1 Å². The molecule has 5 rings (SSSR count). The van der Waals surface area contributed by atoms with Crippen molar-refractivity contribution in [2.45, 2.75) is 13.0 Å². The number of fused-ring (bicyclic) bond motifs is 2. The van der Waals surface area contributed by atoms with Crippen LogP contribution in [0, 0.1) is 0 Å². The lowest BCUT2D eigenvalue weighted by molar-refractivity contribution is 0.0999. The monoisotopic (exact) mass is 459 g/mol. The molecule has 7 heteroatoms. The number of para-hydroxylation sites is 1. The maximum atomic E-state index is 12.8. The van der Waals surface area contributed by atoms with Crippen molar-refractivity contribution in [2.24, 2.45) is 10.2 Å². The molecule has 5 nitrogen and oxygen atoms in total. The summed E-state index contributed by atoms with van der Waals surface area (Å²) in [5.41, 5.74) is 2.28. The summed E-state index contributed by atoms with van der Waals surface area (Å²) in [6.07, 6.45) is 0.750. The summed E-state index contributed by atoms with van der Waals surface area (Å²) in [4.78, 5) is 13.1. The van der Waals surface area contributed by atoms with Crippen LogP contribution >= 0.6 is 22.9 Å². The molecule has 2 aromatic heterocycles. The van der Waals surface area contributed by atoms with Crippen molar-refractivity contribution in [3.63, 3.8) is 0 Å². The van der Waals surface area contributed by atoms with Crippen LogP contribution in [0.5, 0.6) is 5.88 Å². The van der Waals surface area contributed by atoms with E-state index in [4.69, 9.17) is 11.6 Å². The minimum Gasteiger partial charge on any atom is -0.493 e. The molecule has 0 aliphatic heterocycles. The second kappa shape index (κ2) is 8.57. The summed E-state index contributed by atoms with van der Waals surface area (Å²) in [5.74, 6) is -0.544. The topological polar surface area (TPSA) is 66.9 Å². The van der Waals surface area contributed by atoms with Crippen LogP contribution in [0.3, 0.4) is 0 Å². The first kappa shape index (κ1) is 20.4. The predicted octanol–water partition coefficient (Wildman–Crippen LogP) is 7.38. The van der Waals surface area contributed by atoms with Crippen LogP contribution < -0.4 is 0 Å². The predicted molar refractivity (Wildman–Crippen MR) is 129 cm³/mol. The van der Waals surface area contributed by atoms with Gasteiger partial charge in [-0.25, -0.2) is 0 Å². The smallest absolute Gasteiger partial charge is 0.307 e. The standard InChI is InChI=1S/C25H18ClN3O2S/c26-21-18-11-5-7-13-20(18)32-23(21)24(30)28-27-22-17-10-4-6-12-19(17)29(25(22)31)15-14-16-8-2-1-3-9-16/h1-13,31H,14-15H2. The Hall–Kier alpha value is -3.48. The van der Waals surface area contributed by atoms with Gasteiger partial charge in [0, 0.05) is 22.0 Å². The summed E-state index contributed by atoms with van der Waals surface area (Å²) in [7, 11) is 0. The molecule has 3 aromatic carbocycles. The van der Waals surface area contributed by atoms with Gasteiger partial charge in [0.05, 0.1) is 10.5 Å². The number of aromatic nitrogens is 1. The minimum absolute atomic E-state index is 0.0129. The number of hydrogen-bond donors (Lipinski definition) is 1. The van der Waals surface area contributed by atoms with E-state index in [9.17, 15) is 9.90 Å². The van der Waals surface area contributed by atoms with Crippen LogP contribution in [-0.2, 0) is 13.0 Å². The van der Waals surface area contributed by atoms with Crippen LogP contribution in [0.1, 0.15) is 15.2 Å². The number of rotatable bonds is 5. The van der Waals surface area contributed by atoms with Crippen molar-refractivity contribution in [2.75, 3.05) is 0 Å². The Bertz CT molecular complexity index is 1470. The zero-order valence-corrected chi connectivity index (χ0v) is 18.5. The molecule has 0 unspecified atom stereocenters. The van der Waals surface area contributed by atoms with Gasteiger partial charge in [-0.2, -0.15) is 0 Å². The third-order valence-corrected chi connectivity index (χ3v) is 7.02. The Morgan fingerprint density at radius 1 is 0.938 bits per heavy atom. The number of thiophene rings is 1. The number of azo groups is 1. The van der Waals surface area contributed by atoms with Crippen molar-refractivity contribution >= 4 is 55.5 Å². The number of nitrogens with zero attached hydrogens (tertiary/aromatic N) is 3. The molecule has 0 aliphatic carbocycles. The number of halogens is 1. The highest BCUT2D eigenvalue weighted by Crippen LogP contribution is 2.40. The summed E-state index contributed by atoms with van der Waals surface area (Å²) in [5, 5.41) is 20.9. The minimum atomic E-state index is -0.531. The largest absolute Gasteiger partial charge is 0.493 e. The molecule has 0 fully saturated rings. The molecule has 5 aromatic rings. The number of aromatic hydroxyl groups is 1. The van der Waals surface area contributed by atoms with Gasteiger partial charge in [-0.15, -0.1) is 21.6 Å². The molecule has 1 N–H and O–H groups in total. The van der Waals surface area contributed by atoms with Crippen LogP contribution in [0.2, 0.25) is 5.02 Å². The van der Waals surface area contributed by atoms with Crippen molar-refractivity contribution in [1.29, 1.82) is 0 Å². The van der Waals surface area contributed by atoms with E-state index in [0.29, 0.717) is 16.4 Å². The maximum absolute atomic E-state index is 12.8. The third-order valence-electron chi connectivity index (χ3n) is 5.35. The number of carbonyl (C=O) groups is 1. The number of amides is 1. The van der Waals surface area contributed by atoms with E-state index in [-0.39, 0.29) is 11.6 Å². The van der Waals surface area contributed by atoms with E-state index < -0.39 is 5.91 Å². The molecule has 0 radical (unpaired) electrons. The molecule has 0 bridgehead atoms. The SMILES string of the molecule is O=C(N=Nc1c(O)n(CCc2ccccc2)c2ccccc12)c1sc2ccccc2c1Cl. The van der Waals surface area contributed by atoms with Crippen LogP contribution in [0.25, 0.3) is 21.0 Å². The summed E-state index contributed by atoms with van der Waals surface area (Å²) < 4.78 is 2.71. The van der Waals surface area contributed by atoms with Gasteiger partial charge in [0.1, 0.15) is 4.88 Å². The first-order valence-electron chi connectivity index (χ1n) is 10.1. The molecule has 1 amide bonds. The highest BCUT2D eigenvalue weighted by atomic mass is 35.5. The lowest BCUT2D eigenvalue weighted by Crippen LogP contribution is -2.00. The van der Waals surface area contributed by atoms with Crippen LogP contribution in [-0.4, -0.2) is 15.6 Å². The third kappa shape index (κ3) is 3.68. The average molecular weight is 460 g/mol. The first-order chi connectivity index (χ1) is 15.6. The Morgan fingerprint density at radius 3 is 2.41 bits per heavy atom. The van der Waals surface area contributed by atoms with Gasteiger partial charge in [-0.3, -0.25) is 4.79 Å². The van der Waals surface area contributed by atoms with Gasteiger partial charge in [-0.1, -0.05) is 78.3 Å². The molecule has 0 saturated heterocycles. The lowest BCUT2D eigenvalue weighted by atomic mass is 10.1. The van der Waals surface area contributed by atoms with E-state index in [1.807, 2.05) is 66.7 Å². The van der Waals surface area contributed by atoms with E-state index in [0.717, 1.165) is 27.4 Å². The number of aryl methyl sites for hydroxylation is 2. The fourth-order valence-electron chi connectivity index (χ4n) is 3.77. The van der Waals surface area contributed by atoms with Crippen molar-refractivity contribution in [1.82, 2.24) is 4.57 Å². The average Bonchev–Trinajstić information content (AvgIpc) is 3.31. The quantitative estimate of drug-likeness (QED) is 0.278. The molecule has 0 spiro atoms. The van der Waals surface area contributed by atoms with E-state index in [2.05, 4.69) is 22.4 Å². The molecule has 0 saturated carbocycles. The van der Waals surface area contributed by atoms with E-state index in [1.165, 1.54) is 16.9 Å². The molecule has 32 heavy (non-hydrogen) atoms. The Labute approximate surface area is 193 Å². The van der Waals surface area contributed by atoms with E-state index >= 15 is 0 Å². The van der Waals surface area contributed by atoms with Gasteiger partial charge in [0.25, 0.3) is 0 Å². The van der Waals surface area contributed by atoms with Crippen molar-refractivity contribution < 1.29 is 9.90 Å². The Balaban J connectivity index is 1.48. The zero-order valence-electron chi connectivity index (χ0n) is 16.9. The molecule has 2 heterocycles. The van der Waals surface area contributed by atoms with Gasteiger partial charge >= 0.3 is 5.91 Å². The first-order valence-corrected chi connectivity index (χ1v) is 11.3. The summed E-state index contributed by atoms with van der Waals surface area (Å²) >= 11 is 7.68. The van der Waals surface area contributed by atoms with Crippen molar-refractivity contribution in [3.8, 4) is 5.88 Å². The summed E-state index contributed by atoms with van der Waals surface area (Å²) in [6.45, 7) is 0.571. The fraction of sp³-hybridized carbons (Fsp3) is 0.0800. The fourth-order valence-corrected chi connectivity index (χ4v) is 5.17. The Kier molecular flexibility index (Phi) is 5.47. The lowest BCUT2D eigenvalue weighted by Gasteiger charge is -2.07. The summed E-state index contributed by atoms with van der Waals surface area (Å²) in [6, 6.07) is 25.2. The normalized spacial score (nSPS) is 11.7. The molecule has 158 valence electrons. The number of carbonyl (C=O) groups excluding carboxylic acids is 1. The molecular weight excluding hydrogens is 442 g/mol. The second-order valence-corrected chi connectivity index (χ2v) is 8.75. The van der Waals surface area contributed by atoms with Gasteiger partial charge in [0.2, 0.25) is 5.88 Å². The van der Waals surface area contributed by atoms with Crippen LogP contribution in [0.4, 0.5) is 5.69 Å². The highest BCUT2D eigenvalue weighted by molar-refractivity contribution is 7.21. The van der Waals surface area contributed by atoms with Crippen LogP contribution in [0.15, 0.2) is 89.1 Å². The Morgan fingerprint density at radius 2 is 1.62 bits per heavy atom. The number of hydrogen-bond acceptors (Lipinski definition) is 4. The molecule has 0 aliphatic rings. The molecule has 0 atom stereocenters. The number of benzene rings is 3. The molecular formula is C25H18ClN3O2S. The van der Waals surface area contributed by atoms with Gasteiger partial charge < -0.3 is 9.67 Å². The second-order valence-electron chi connectivity index (χ2n) is 7.32. The maximum Gasteiger partial charge on any atom is 0.307 e. The van der Waals surface area contributed by atoms with Crippen molar-refractivity contribution in [3.05, 3.63) is 94.3 Å². The van der Waals surface area contributed by atoms with E-state index in [1.54, 1.807) is 4.57 Å². The zero-order chi connectivity index (χ0) is 22.1.